The van der Waals surface area contributed by atoms with Gasteiger partial charge >= 0.3 is 0 Å². The van der Waals surface area contributed by atoms with E-state index in [1.807, 2.05) is 37.3 Å². The van der Waals surface area contributed by atoms with Crippen molar-refractivity contribution in [2.45, 2.75) is 24.2 Å². The molecule has 1 amide bonds. The molecule has 116 valence electrons. The number of anilines is 1. The number of hydrogen-bond donors (Lipinski definition) is 1. The van der Waals surface area contributed by atoms with Crippen LogP contribution in [-0.2, 0) is 14.6 Å². The first-order chi connectivity index (χ1) is 10.4. The molecular weight excluding hydrogens is 298 g/mol. The molecule has 0 bridgehead atoms. The van der Waals surface area contributed by atoms with Crippen molar-refractivity contribution in [1.82, 2.24) is 0 Å². The molecule has 0 radical (unpaired) electrons. The molecule has 2 rings (SSSR count). The second kappa shape index (κ2) is 6.75. The second-order valence-electron chi connectivity index (χ2n) is 5.16. The molecule has 0 unspecified atom stereocenters. The highest BCUT2D eigenvalue weighted by atomic mass is 32.2. The Morgan fingerprint density at radius 1 is 1.05 bits per heavy atom. The van der Waals surface area contributed by atoms with Crippen LogP contribution in [0, 0.1) is 0 Å². The first-order valence-electron chi connectivity index (χ1n) is 7.07. The van der Waals surface area contributed by atoms with E-state index in [0.29, 0.717) is 12.1 Å². The van der Waals surface area contributed by atoms with E-state index in [4.69, 9.17) is 0 Å². The van der Waals surface area contributed by atoms with Crippen molar-refractivity contribution < 1.29 is 13.2 Å². The van der Waals surface area contributed by atoms with Crippen molar-refractivity contribution in [2.24, 2.45) is 0 Å². The zero-order valence-electron chi connectivity index (χ0n) is 12.6. The first-order valence-corrected chi connectivity index (χ1v) is 8.97. The molecular formula is C17H19NO3S. The zero-order chi connectivity index (χ0) is 16.2. The van der Waals surface area contributed by atoms with E-state index in [2.05, 4.69) is 5.32 Å². The van der Waals surface area contributed by atoms with E-state index in [1.54, 1.807) is 12.1 Å². The van der Waals surface area contributed by atoms with Gasteiger partial charge in [-0.3, -0.25) is 4.79 Å². The molecule has 0 saturated heterocycles. The Balaban J connectivity index is 2.14. The summed E-state index contributed by atoms with van der Waals surface area (Å²) in [4.78, 5) is 12.6. The molecule has 0 aliphatic heterocycles. The molecule has 5 heteroatoms. The van der Waals surface area contributed by atoms with Gasteiger partial charge in [-0.15, -0.1) is 0 Å². The summed E-state index contributed by atoms with van der Waals surface area (Å²) in [5.74, 6) is -0.323. The van der Waals surface area contributed by atoms with Gasteiger partial charge in [0.1, 0.15) is 0 Å². The monoisotopic (exact) mass is 317 g/mol. The standard InChI is InChI=1S/C17H19NO3S/c1-3-16(13-7-5-4-6-8-13)17(19)18-14-9-11-15(12-10-14)22(2,20)21/h4-12,16H,3H2,1-2H3,(H,18,19)/t16-/m0/s1. The summed E-state index contributed by atoms with van der Waals surface area (Å²) < 4.78 is 22.8. The van der Waals surface area contributed by atoms with Crippen molar-refractivity contribution in [3.05, 3.63) is 60.2 Å². The van der Waals surface area contributed by atoms with E-state index in [9.17, 15) is 13.2 Å². The van der Waals surface area contributed by atoms with Gasteiger partial charge < -0.3 is 5.32 Å². The second-order valence-corrected chi connectivity index (χ2v) is 7.17. The first kappa shape index (κ1) is 16.2. The van der Waals surface area contributed by atoms with Gasteiger partial charge in [-0.1, -0.05) is 37.3 Å². The van der Waals surface area contributed by atoms with Crippen LogP contribution in [0.3, 0.4) is 0 Å². The molecule has 1 N–H and O–H groups in total. The van der Waals surface area contributed by atoms with Crippen molar-refractivity contribution in [3.63, 3.8) is 0 Å². The van der Waals surface area contributed by atoms with Crippen LogP contribution >= 0.6 is 0 Å². The van der Waals surface area contributed by atoms with Gasteiger partial charge in [0.25, 0.3) is 0 Å². The number of carbonyl (C=O) groups is 1. The number of amides is 1. The summed E-state index contributed by atoms with van der Waals surface area (Å²) >= 11 is 0. The molecule has 22 heavy (non-hydrogen) atoms. The van der Waals surface area contributed by atoms with Crippen molar-refractivity contribution in [2.75, 3.05) is 11.6 Å². The number of nitrogens with one attached hydrogen (secondary N) is 1. The van der Waals surface area contributed by atoms with Crippen LogP contribution in [0.4, 0.5) is 5.69 Å². The summed E-state index contributed by atoms with van der Waals surface area (Å²) in [5, 5.41) is 2.84. The predicted molar refractivity (Wildman–Crippen MR) is 87.7 cm³/mol. The van der Waals surface area contributed by atoms with Crippen LogP contribution in [0.5, 0.6) is 0 Å². The minimum absolute atomic E-state index is 0.0965. The molecule has 0 aliphatic rings. The van der Waals surface area contributed by atoms with E-state index < -0.39 is 9.84 Å². The maximum absolute atomic E-state index is 12.4. The molecule has 0 fully saturated rings. The third kappa shape index (κ3) is 3.95. The van der Waals surface area contributed by atoms with Gasteiger partial charge in [0.05, 0.1) is 10.8 Å². The Morgan fingerprint density at radius 2 is 1.64 bits per heavy atom. The number of rotatable bonds is 5. The Hall–Kier alpha value is -2.14. The highest BCUT2D eigenvalue weighted by molar-refractivity contribution is 7.90. The normalized spacial score (nSPS) is 12.6. The summed E-state index contributed by atoms with van der Waals surface area (Å²) in [7, 11) is -3.22. The van der Waals surface area contributed by atoms with Crippen molar-refractivity contribution >= 4 is 21.4 Å². The van der Waals surface area contributed by atoms with Crippen LogP contribution in [0.15, 0.2) is 59.5 Å². The molecule has 0 saturated carbocycles. The summed E-state index contributed by atoms with van der Waals surface area (Å²) in [6.45, 7) is 1.96. The van der Waals surface area contributed by atoms with Crippen LogP contribution in [0.1, 0.15) is 24.8 Å². The molecule has 0 aliphatic carbocycles. The fourth-order valence-electron chi connectivity index (χ4n) is 2.27. The van der Waals surface area contributed by atoms with Crippen molar-refractivity contribution in [3.8, 4) is 0 Å². The third-order valence-corrected chi connectivity index (χ3v) is 4.61. The Bertz CT molecular complexity index is 737. The quantitative estimate of drug-likeness (QED) is 0.921. The summed E-state index contributed by atoms with van der Waals surface area (Å²) in [6, 6.07) is 15.8. The number of hydrogen-bond acceptors (Lipinski definition) is 3. The molecule has 2 aromatic carbocycles. The SMILES string of the molecule is CC[C@H](C(=O)Nc1ccc(S(C)(=O)=O)cc1)c1ccccc1. The largest absolute Gasteiger partial charge is 0.326 e. The molecule has 1 atom stereocenters. The lowest BCUT2D eigenvalue weighted by Crippen LogP contribution is -2.20. The Kier molecular flexibility index (Phi) is 4.98. The molecule has 2 aromatic rings. The maximum Gasteiger partial charge on any atom is 0.231 e. The van der Waals surface area contributed by atoms with E-state index in [-0.39, 0.29) is 16.7 Å². The fraction of sp³-hybridized carbons (Fsp3) is 0.235. The lowest BCUT2D eigenvalue weighted by molar-refractivity contribution is -0.117. The number of carbonyl (C=O) groups excluding carboxylic acids is 1. The van der Waals surface area contributed by atoms with Gasteiger partial charge in [-0.05, 0) is 36.2 Å². The van der Waals surface area contributed by atoms with Gasteiger partial charge in [-0.2, -0.15) is 0 Å². The number of benzene rings is 2. The third-order valence-electron chi connectivity index (χ3n) is 3.48. The molecule has 0 heterocycles. The number of sulfone groups is 1. The van der Waals surface area contributed by atoms with Gasteiger partial charge in [-0.25, -0.2) is 8.42 Å². The van der Waals surface area contributed by atoms with E-state index >= 15 is 0 Å². The smallest absolute Gasteiger partial charge is 0.231 e. The van der Waals surface area contributed by atoms with Gasteiger partial charge in [0.15, 0.2) is 9.84 Å². The van der Waals surface area contributed by atoms with Crippen LogP contribution in [-0.4, -0.2) is 20.6 Å². The van der Waals surface area contributed by atoms with Crippen LogP contribution in [0.25, 0.3) is 0 Å². The minimum Gasteiger partial charge on any atom is -0.326 e. The zero-order valence-corrected chi connectivity index (χ0v) is 13.4. The lowest BCUT2D eigenvalue weighted by atomic mass is 9.95. The maximum atomic E-state index is 12.4. The van der Waals surface area contributed by atoms with Gasteiger partial charge in [0.2, 0.25) is 5.91 Å². The van der Waals surface area contributed by atoms with Crippen molar-refractivity contribution in [1.29, 1.82) is 0 Å². The summed E-state index contributed by atoms with van der Waals surface area (Å²) in [5.41, 5.74) is 1.56. The lowest BCUT2D eigenvalue weighted by Gasteiger charge is -2.15. The average molecular weight is 317 g/mol. The fourth-order valence-corrected chi connectivity index (χ4v) is 2.90. The molecule has 0 spiro atoms. The van der Waals surface area contributed by atoms with E-state index in [0.717, 1.165) is 11.8 Å². The molecule has 4 nitrogen and oxygen atoms in total. The van der Waals surface area contributed by atoms with Gasteiger partial charge in [0, 0.05) is 11.9 Å². The Labute approximate surface area is 131 Å². The topological polar surface area (TPSA) is 63.2 Å². The highest BCUT2D eigenvalue weighted by Crippen LogP contribution is 2.22. The molecule has 0 aromatic heterocycles. The Morgan fingerprint density at radius 3 is 2.14 bits per heavy atom. The van der Waals surface area contributed by atoms with Crippen LogP contribution in [0.2, 0.25) is 0 Å². The predicted octanol–water partition coefficient (Wildman–Crippen LogP) is 3.22. The van der Waals surface area contributed by atoms with Crippen LogP contribution < -0.4 is 5.32 Å². The average Bonchev–Trinajstić information content (AvgIpc) is 2.48. The van der Waals surface area contributed by atoms with E-state index in [1.165, 1.54) is 12.1 Å². The minimum atomic E-state index is -3.22. The highest BCUT2D eigenvalue weighted by Gasteiger charge is 2.18. The summed E-state index contributed by atoms with van der Waals surface area (Å²) in [6.07, 6.45) is 1.85.